The number of nitrogens with two attached hydrogens (primary N) is 1. The molecule has 44 heavy (non-hydrogen) atoms. The Morgan fingerprint density at radius 1 is 0.909 bits per heavy atom. The van der Waals surface area contributed by atoms with Crippen LogP contribution in [0.1, 0.15) is 82.3 Å². The van der Waals surface area contributed by atoms with Gasteiger partial charge in [-0.2, -0.15) is 13.2 Å². The number of aryl methyl sites for hydroxylation is 1. The number of fused-ring (bicyclic) bond motifs is 1. The molecule has 0 aliphatic rings. The summed E-state index contributed by atoms with van der Waals surface area (Å²) in [4.78, 5) is 22.3. The van der Waals surface area contributed by atoms with Crippen molar-refractivity contribution >= 4 is 24.6 Å². The van der Waals surface area contributed by atoms with Gasteiger partial charge in [0, 0.05) is 6.61 Å². The summed E-state index contributed by atoms with van der Waals surface area (Å²) >= 11 is 0. The molecule has 3 rings (SSSR count). The maximum Gasteiger partial charge on any atom is 0.416 e. The Morgan fingerprint density at radius 3 is 2.20 bits per heavy atom. The lowest BCUT2D eigenvalue weighted by Gasteiger charge is -2.17. The van der Waals surface area contributed by atoms with Crippen LogP contribution in [-0.2, 0) is 37.7 Å². The summed E-state index contributed by atoms with van der Waals surface area (Å²) in [7, 11) is -3.91. The number of anilines is 1. The van der Waals surface area contributed by atoms with Crippen molar-refractivity contribution in [3.63, 3.8) is 0 Å². The Labute approximate surface area is 257 Å². The second-order valence-corrected chi connectivity index (χ2v) is 12.8. The molecule has 0 aliphatic carbocycles. The second kappa shape index (κ2) is 18.4. The SMILES string of the molecule is C[C@H](Cn1cnc2c(N)ncnc21)OCP(=O)(O)OCCOCCCCCCCCCCCCc1ccc(C(F)(F)F)cc1. The summed E-state index contributed by atoms with van der Waals surface area (Å²) in [6.45, 7) is 2.98. The van der Waals surface area contributed by atoms with Gasteiger partial charge in [-0.05, 0) is 43.9 Å². The fourth-order valence-corrected chi connectivity index (χ4v) is 5.65. The van der Waals surface area contributed by atoms with E-state index in [9.17, 15) is 22.6 Å². The van der Waals surface area contributed by atoms with Gasteiger partial charge in [-0.25, -0.2) is 15.0 Å². The van der Waals surface area contributed by atoms with Crippen LogP contribution in [0.2, 0.25) is 0 Å². The number of halogens is 3. The third-order valence-electron chi connectivity index (χ3n) is 7.21. The van der Waals surface area contributed by atoms with E-state index in [0.29, 0.717) is 24.3 Å². The maximum absolute atomic E-state index is 12.6. The van der Waals surface area contributed by atoms with Crippen molar-refractivity contribution in [3.05, 3.63) is 48.0 Å². The van der Waals surface area contributed by atoms with Gasteiger partial charge < -0.3 is 29.2 Å². The molecule has 0 saturated heterocycles. The third-order valence-corrected chi connectivity index (χ3v) is 8.27. The normalized spacial score (nSPS) is 14.2. The Hall–Kier alpha value is -2.57. The van der Waals surface area contributed by atoms with Gasteiger partial charge in [0.05, 0.1) is 37.8 Å². The van der Waals surface area contributed by atoms with Crippen molar-refractivity contribution in [2.75, 3.05) is 31.9 Å². The largest absolute Gasteiger partial charge is 0.416 e. The van der Waals surface area contributed by atoms with Crippen molar-refractivity contribution in [2.24, 2.45) is 0 Å². The zero-order valence-corrected chi connectivity index (χ0v) is 26.3. The van der Waals surface area contributed by atoms with E-state index >= 15 is 0 Å². The van der Waals surface area contributed by atoms with Crippen LogP contribution in [0.4, 0.5) is 19.0 Å². The van der Waals surface area contributed by atoms with E-state index in [1.165, 1.54) is 32.0 Å². The van der Waals surface area contributed by atoms with Crippen LogP contribution in [0, 0.1) is 0 Å². The van der Waals surface area contributed by atoms with Crippen molar-refractivity contribution in [2.45, 2.75) is 96.4 Å². The van der Waals surface area contributed by atoms with Crippen LogP contribution >= 0.6 is 7.60 Å². The maximum atomic E-state index is 12.6. The molecule has 14 heteroatoms. The summed E-state index contributed by atoms with van der Waals surface area (Å²) in [5, 5.41) is 0. The predicted molar refractivity (Wildman–Crippen MR) is 163 cm³/mol. The number of unbranched alkanes of at least 4 members (excludes halogenated alkanes) is 9. The average Bonchev–Trinajstić information content (AvgIpc) is 3.39. The van der Waals surface area contributed by atoms with E-state index in [1.54, 1.807) is 30.0 Å². The first-order valence-electron chi connectivity index (χ1n) is 15.3. The number of imidazole rings is 1. The molecular formula is C30H45F3N5O5P. The molecule has 10 nitrogen and oxygen atoms in total. The highest BCUT2D eigenvalue weighted by atomic mass is 31.2. The standard InChI is InChI=1S/C30H45F3N5O5P/c1-24(20-38-22-37-27-28(34)35-21-36-29(27)38)42-23-44(39,40)43-19-18-41-17-11-9-7-5-3-2-4-6-8-10-12-25-13-15-26(16-14-25)30(31,32)33/h13-16,21-22,24H,2-12,17-20,23H2,1H3,(H,39,40)(H2,34,35,36)/t24-/m1/s1. The van der Waals surface area contributed by atoms with Gasteiger partial charge in [-0.1, -0.05) is 63.5 Å². The number of nitrogens with zero attached hydrogens (tertiary/aromatic N) is 4. The molecule has 0 bridgehead atoms. The third kappa shape index (κ3) is 13.2. The lowest BCUT2D eigenvalue weighted by atomic mass is 10.0. The van der Waals surface area contributed by atoms with E-state index in [-0.39, 0.29) is 19.0 Å². The summed E-state index contributed by atoms with van der Waals surface area (Å²) in [6.07, 6.45) is 9.79. The number of rotatable bonds is 22. The van der Waals surface area contributed by atoms with Gasteiger partial charge in [-0.3, -0.25) is 4.57 Å². The van der Waals surface area contributed by atoms with Gasteiger partial charge in [0.15, 0.2) is 11.5 Å². The smallest absolute Gasteiger partial charge is 0.382 e. The molecule has 3 N–H and O–H groups in total. The number of aromatic nitrogens is 4. The first-order chi connectivity index (χ1) is 21.0. The van der Waals surface area contributed by atoms with Gasteiger partial charge >= 0.3 is 13.8 Å². The van der Waals surface area contributed by atoms with Gasteiger partial charge in [0.1, 0.15) is 18.2 Å². The molecule has 0 spiro atoms. The van der Waals surface area contributed by atoms with Crippen LogP contribution in [0.25, 0.3) is 11.2 Å². The highest BCUT2D eigenvalue weighted by Gasteiger charge is 2.29. The molecule has 1 unspecified atom stereocenters. The fourth-order valence-electron chi connectivity index (χ4n) is 4.77. The zero-order valence-electron chi connectivity index (χ0n) is 25.4. The van der Waals surface area contributed by atoms with Gasteiger partial charge in [-0.15, -0.1) is 0 Å². The number of benzene rings is 1. The van der Waals surface area contributed by atoms with Crippen molar-refractivity contribution in [1.82, 2.24) is 19.5 Å². The van der Waals surface area contributed by atoms with E-state index in [2.05, 4.69) is 15.0 Å². The van der Waals surface area contributed by atoms with E-state index in [4.69, 9.17) is 19.7 Å². The fraction of sp³-hybridized carbons (Fsp3) is 0.633. The predicted octanol–water partition coefficient (Wildman–Crippen LogP) is 7.15. The van der Waals surface area contributed by atoms with Crippen molar-refractivity contribution in [1.29, 1.82) is 0 Å². The first-order valence-corrected chi connectivity index (χ1v) is 17.0. The Kier molecular flexibility index (Phi) is 15.0. The topological polar surface area (TPSA) is 135 Å². The highest BCUT2D eigenvalue weighted by Crippen LogP contribution is 2.41. The van der Waals surface area contributed by atoms with Crippen LogP contribution in [-0.4, -0.2) is 56.7 Å². The quantitative estimate of drug-likeness (QED) is 0.0864. The monoisotopic (exact) mass is 643 g/mol. The van der Waals surface area contributed by atoms with Gasteiger partial charge in [0.25, 0.3) is 0 Å². The van der Waals surface area contributed by atoms with E-state index < -0.39 is 31.8 Å². The molecule has 3 aromatic rings. The lowest BCUT2D eigenvalue weighted by molar-refractivity contribution is -0.137. The molecule has 0 radical (unpaired) electrons. The van der Waals surface area contributed by atoms with Crippen LogP contribution in [0.5, 0.6) is 0 Å². The summed E-state index contributed by atoms with van der Waals surface area (Å²) in [6, 6.07) is 5.48. The van der Waals surface area contributed by atoms with Crippen molar-refractivity contribution in [3.8, 4) is 0 Å². The van der Waals surface area contributed by atoms with Gasteiger partial charge in [0.2, 0.25) is 0 Å². The molecule has 2 aromatic heterocycles. The summed E-state index contributed by atoms with van der Waals surface area (Å²) in [5.74, 6) is 0.286. The molecule has 0 aliphatic heterocycles. The minimum atomic E-state index is -4.28. The molecule has 0 amide bonds. The summed E-state index contributed by atoms with van der Waals surface area (Å²) in [5.41, 5.74) is 7.22. The molecule has 246 valence electrons. The van der Waals surface area contributed by atoms with Crippen LogP contribution < -0.4 is 5.73 Å². The molecule has 2 atom stereocenters. The molecular weight excluding hydrogens is 598 g/mol. The number of nitrogen functional groups attached to an aromatic ring is 1. The number of hydrogen-bond acceptors (Lipinski definition) is 8. The Balaban J connectivity index is 1.09. The molecule has 1 aromatic carbocycles. The number of alkyl halides is 3. The average molecular weight is 644 g/mol. The molecule has 0 saturated carbocycles. The first kappa shape index (κ1) is 35.9. The second-order valence-electron chi connectivity index (χ2n) is 11.0. The Bertz CT molecular complexity index is 1290. The minimum Gasteiger partial charge on any atom is -0.382 e. The molecule has 2 heterocycles. The van der Waals surface area contributed by atoms with Crippen LogP contribution in [0.3, 0.4) is 0 Å². The minimum absolute atomic E-state index is 0.0121. The number of ether oxygens (including phenoxy) is 2. The highest BCUT2D eigenvalue weighted by molar-refractivity contribution is 7.52. The Morgan fingerprint density at radius 2 is 1.55 bits per heavy atom. The molecule has 0 fully saturated rings. The van der Waals surface area contributed by atoms with Crippen molar-refractivity contribution < 1.29 is 36.6 Å². The summed E-state index contributed by atoms with van der Waals surface area (Å²) < 4.78 is 68.1. The van der Waals surface area contributed by atoms with E-state index in [1.807, 2.05) is 0 Å². The number of hydrogen-bond donors (Lipinski definition) is 2. The van der Waals surface area contributed by atoms with E-state index in [0.717, 1.165) is 62.6 Å². The van der Waals surface area contributed by atoms with Crippen LogP contribution in [0.15, 0.2) is 36.9 Å². The zero-order chi connectivity index (χ0) is 31.8. The lowest BCUT2D eigenvalue weighted by Crippen LogP contribution is -2.18.